The summed E-state index contributed by atoms with van der Waals surface area (Å²) < 4.78 is 2.15. The van der Waals surface area contributed by atoms with E-state index in [0.29, 0.717) is 0 Å². The lowest BCUT2D eigenvalue weighted by atomic mass is 10.0. The SMILES string of the molecule is Nc1ccc2nc(-c3ccc4ccccc4c3)c(CN3CCN(c4ncccn4)CC3)n2c1. The molecule has 0 aliphatic carbocycles. The predicted molar refractivity (Wildman–Crippen MR) is 132 cm³/mol. The van der Waals surface area contributed by atoms with Gasteiger partial charge < -0.3 is 15.0 Å². The number of pyridine rings is 1. The first-order valence-corrected chi connectivity index (χ1v) is 11.2. The Bertz CT molecular complexity index is 1420. The molecule has 2 N–H and O–H groups in total. The van der Waals surface area contributed by atoms with E-state index in [1.165, 1.54) is 10.8 Å². The Morgan fingerprint density at radius 1 is 0.818 bits per heavy atom. The Morgan fingerprint density at radius 3 is 2.42 bits per heavy atom. The Hall–Kier alpha value is -3.97. The minimum atomic E-state index is 0.734. The lowest BCUT2D eigenvalue weighted by Gasteiger charge is -2.34. The minimum absolute atomic E-state index is 0.734. The molecule has 3 aromatic heterocycles. The largest absolute Gasteiger partial charge is 0.398 e. The number of anilines is 2. The molecule has 4 heterocycles. The molecule has 1 aliphatic heterocycles. The summed E-state index contributed by atoms with van der Waals surface area (Å²) in [6.45, 7) is 4.47. The number of nitrogen functional groups attached to an aromatic ring is 1. The third-order valence-corrected chi connectivity index (χ3v) is 6.34. The summed E-state index contributed by atoms with van der Waals surface area (Å²) in [6.07, 6.45) is 5.58. The number of nitrogens with two attached hydrogens (primary N) is 1. The molecule has 1 aliphatic rings. The fraction of sp³-hybridized carbons (Fsp3) is 0.192. The highest BCUT2D eigenvalue weighted by molar-refractivity contribution is 5.87. The first-order valence-electron chi connectivity index (χ1n) is 11.2. The van der Waals surface area contributed by atoms with Crippen molar-refractivity contribution in [1.82, 2.24) is 24.3 Å². The number of piperazine rings is 1. The highest BCUT2D eigenvalue weighted by Crippen LogP contribution is 2.29. The predicted octanol–water partition coefficient (Wildman–Crippen LogP) is 3.85. The zero-order valence-electron chi connectivity index (χ0n) is 18.3. The molecular weight excluding hydrogens is 410 g/mol. The number of imidazole rings is 1. The van der Waals surface area contributed by atoms with Gasteiger partial charge in [0.25, 0.3) is 0 Å². The van der Waals surface area contributed by atoms with Gasteiger partial charge in [0.05, 0.1) is 11.4 Å². The van der Waals surface area contributed by atoms with Crippen molar-refractivity contribution < 1.29 is 0 Å². The van der Waals surface area contributed by atoms with Crippen LogP contribution in [0.2, 0.25) is 0 Å². The molecule has 164 valence electrons. The first-order chi connectivity index (χ1) is 16.2. The Morgan fingerprint density at radius 2 is 1.61 bits per heavy atom. The molecule has 6 rings (SSSR count). The van der Waals surface area contributed by atoms with E-state index in [-0.39, 0.29) is 0 Å². The first kappa shape index (κ1) is 19.7. The second kappa shape index (κ2) is 8.18. The molecule has 0 saturated carbocycles. The Balaban J connectivity index is 1.33. The van der Waals surface area contributed by atoms with Gasteiger partial charge in [-0.15, -0.1) is 0 Å². The van der Waals surface area contributed by atoms with E-state index in [9.17, 15) is 0 Å². The van der Waals surface area contributed by atoms with Crippen molar-refractivity contribution in [3.8, 4) is 11.3 Å². The van der Waals surface area contributed by atoms with Crippen LogP contribution < -0.4 is 10.6 Å². The van der Waals surface area contributed by atoms with Gasteiger partial charge in [0.1, 0.15) is 5.65 Å². The number of rotatable bonds is 4. The van der Waals surface area contributed by atoms with Gasteiger partial charge in [-0.25, -0.2) is 15.0 Å². The van der Waals surface area contributed by atoms with E-state index in [0.717, 1.165) is 67.0 Å². The highest BCUT2D eigenvalue weighted by Gasteiger charge is 2.22. The van der Waals surface area contributed by atoms with Gasteiger partial charge in [-0.2, -0.15) is 0 Å². The van der Waals surface area contributed by atoms with Crippen LogP contribution in [0.3, 0.4) is 0 Å². The fourth-order valence-electron chi connectivity index (χ4n) is 4.60. The molecule has 1 saturated heterocycles. The Kier molecular flexibility index (Phi) is 4.88. The summed E-state index contributed by atoms with van der Waals surface area (Å²) in [5.41, 5.74) is 11.1. The lowest BCUT2D eigenvalue weighted by molar-refractivity contribution is 0.246. The van der Waals surface area contributed by atoms with Crippen molar-refractivity contribution in [2.24, 2.45) is 0 Å². The summed E-state index contributed by atoms with van der Waals surface area (Å²) >= 11 is 0. The van der Waals surface area contributed by atoms with Crippen molar-refractivity contribution in [2.45, 2.75) is 6.54 Å². The second-order valence-electron chi connectivity index (χ2n) is 8.47. The van der Waals surface area contributed by atoms with Crippen molar-refractivity contribution in [3.05, 3.63) is 84.9 Å². The zero-order valence-corrected chi connectivity index (χ0v) is 18.3. The number of aromatic nitrogens is 4. The molecule has 1 fully saturated rings. The third kappa shape index (κ3) is 3.76. The maximum absolute atomic E-state index is 6.15. The van der Waals surface area contributed by atoms with Crippen LogP contribution in [-0.2, 0) is 6.54 Å². The van der Waals surface area contributed by atoms with Crippen LogP contribution in [0.4, 0.5) is 11.6 Å². The molecule has 0 atom stereocenters. The van der Waals surface area contributed by atoms with Crippen LogP contribution in [-0.4, -0.2) is 50.4 Å². The highest BCUT2D eigenvalue weighted by atomic mass is 15.3. The molecule has 5 aromatic rings. The fourth-order valence-corrected chi connectivity index (χ4v) is 4.60. The molecule has 7 heteroatoms. The van der Waals surface area contributed by atoms with Crippen molar-refractivity contribution >= 4 is 28.1 Å². The van der Waals surface area contributed by atoms with Crippen LogP contribution in [0.5, 0.6) is 0 Å². The van der Waals surface area contributed by atoms with Gasteiger partial charge in [-0.05, 0) is 35.0 Å². The summed E-state index contributed by atoms with van der Waals surface area (Å²) in [7, 11) is 0. The second-order valence-corrected chi connectivity index (χ2v) is 8.47. The molecule has 7 nitrogen and oxygen atoms in total. The zero-order chi connectivity index (χ0) is 22.2. The van der Waals surface area contributed by atoms with Crippen LogP contribution in [0, 0.1) is 0 Å². The maximum atomic E-state index is 6.15. The van der Waals surface area contributed by atoms with Gasteiger partial charge >= 0.3 is 0 Å². The number of hydrogen-bond acceptors (Lipinski definition) is 6. The summed E-state index contributed by atoms with van der Waals surface area (Å²) in [5, 5.41) is 2.45. The van der Waals surface area contributed by atoms with Gasteiger partial charge in [-0.3, -0.25) is 4.90 Å². The summed E-state index contributed by atoms with van der Waals surface area (Å²) in [6, 6.07) is 20.8. The number of hydrogen-bond donors (Lipinski definition) is 1. The molecule has 0 spiro atoms. The molecule has 2 aromatic carbocycles. The molecular formula is C26H25N7. The van der Waals surface area contributed by atoms with E-state index in [2.05, 4.69) is 66.6 Å². The lowest BCUT2D eigenvalue weighted by Crippen LogP contribution is -2.46. The molecule has 0 unspecified atom stereocenters. The van der Waals surface area contributed by atoms with Crippen LogP contribution in [0.25, 0.3) is 27.7 Å². The monoisotopic (exact) mass is 435 g/mol. The van der Waals surface area contributed by atoms with Gasteiger partial charge in [0, 0.05) is 62.6 Å². The molecule has 0 bridgehead atoms. The van der Waals surface area contributed by atoms with Crippen molar-refractivity contribution in [2.75, 3.05) is 36.8 Å². The van der Waals surface area contributed by atoms with Crippen LogP contribution >= 0.6 is 0 Å². The normalized spacial score (nSPS) is 14.8. The van der Waals surface area contributed by atoms with Crippen molar-refractivity contribution in [3.63, 3.8) is 0 Å². The maximum Gasteiger partial charge on any atom is 0.225 e. The summed E-state index contributed by atoms with van der Waals surface area (Å²) in [5.74, 6) is 0.802. The summed E-state index contributed by atoms with van der Waals surface area (Å²) in [4.78, 5) is 18.5. The molecule has 0 amide bonds. The minimum Gasteiger partial charge on any atom is -0.398 e. The van der Waals surface area contributed by atoms with Crippen LogP contribution in [0.15, 0.2) is 79.3 Å². The Labute approximate surface area is 192 Å². The third-order valence-electron chi connectivity index (χ3n) is 6.34. The van der Waals surface area contributed by atoms with Gasteiger partial charge in [-0.1, -0.05) is 36.4 Å². The smallest absolute Gasteiger partial charge is 0.225 e. The molecule has 0 radical (unpaired) electrons. The average Bonchev–Trinajstić information content (AvgIpc) is 3.22. The van der Waals surface area contributed by atoms with Crippen LogP contribution in [0.1, 0.15) is 5.69 Å². The van der Waals surface area contributed by atoms with Crippen molar-refractivity contribution in [1.29, 1.82) is 0 Å². The van der Waals surface area contributed by atoms with E-state index in [4.69, 9.17) is 10.7 Å². The average molecular weight is 436 g/mol. The van der Waals surface area contributed by atoms with E-state index in [1.54, 1.807) is 12.4 Å². The van der Waals surface area contributed by atoms with Gasteiger partial charge in [0.15, 0.2) is 0 Å². The number of nitrogens with zero attached hydrogens (tertiary/aromatic N) is 6. The number of benzene rings is 2. The standard InChI is InChI=1S/C26H25N7/c27-22-8-9-24-30-25(21-7-6-19-4-1-2-5-20(19)16-21)23(33(24)17-22)18-31-12-14-32(15-13-31)26-28-10-3-11-29-26/h1-11,16-17H,12-15,18,27H2. The topological polar surface area (TPSA) is 75.6 Å². The number of fused-ring (bicyclic) bond motifs is 2. The van der Waals surface area contributed by atoms with E-state index in [1.807, 2.05) is 24.4 Å². The van der Waals surface area contributed by atoms with E-state index >= 15 is 0 Å². The van der Waals surface area contributed by atoms with E-state index < -0.39 is 0 Å². The molecule has 33 heavy (non-hydrogen) atoms. The van der Waals surface area contributed by atoms with Gasteiger partial charge in [0.2, 0.25) is 5.95 Å². The quantitative estimate of drug-likeness (QED) is 0.462.